The Bertz CT molecular complexity index is 844. The summed E-state index contributed by atoms with van der Waals surface area (Å²) in [4.78, 5) is 9.24. The van der Waals surface area contributed by atoms with Gasteiger partial charge in [0.25, 0.3) is 0 Å². The number of halogens is 2. The number of ether oxygens (including phenoxy) is 1. The minimum absolute atomic E-state index is 0. The molecule has 2 aromatic carbocycles. The molecule has 2 atom stereocenters. The predicted octanol–water partition coefficient (Wildman–Crippen LogP) is 3.88. The first-order chi connectivity index (χ1) is 14.7. The maximum Gasteiger partial charge on any atom is 0.193 e. The molecular weight excluding hydrogens is 506 g/mol. The Hall–Kier alpha value is -1.71. The second kappa shape index (κ2) is 11.8. The third-order valence-corrected chi connectivity index (χ3v) is 6.14. The van der Waals surface area contributed by atoms with Gasteiger partial charge in [0.05, 0.1) is 19.3 Å². The summed E-state index contributed by atoms with van der Waals surface area (Å²) in [6.45, 7) is 5.76. The van der Waals surface area contributed by atoms with Crippen molar-refractivity contribution in [3.63, 3.8) is 0 Å². The third-order valence-electron chi connectivity index (χ3n) is 6.14. The fraction of sp³-hybridized carbons (Fsp3) is 0.458. The van der Waals surface area contributed by atoms with Crippen LogP contribution in [0, 0.1) is 5.82 Å². The number of likely N-dealkylation sites (tertiary alicyclic amines) is 1. The predicted molar refractivity (Wildman–Crippen MR) is 134 cm³/mol. The molecule has 5 nitrogen and oxygen atoms in total. The molecule has 2 aliphatic rings. The Morgan fingerprint density at radius 2 is 1.90 bits per heavy atom. The lowest BCUT2D eigenvalue weighted by Crippen LogP contribution is -2.47. The molecule has 2 aliphatic heterocycles. The average Bonchev–Trinajstić information content (AvgIpc) is 3.28. The van der Waals surface area contributed by atoms with Crippen molar-refractivity contribution < 1.29 is 9.13 Å². The molecule has 2 fully saturated rings. The smallest absolute Gasteiger partial charge is 0.193 e. The van der Waals surface area contributed by atoms with Crippen molar-refractivity contribution in [2.24, 2.45) is 4.99 Å². The number of nitrogens with zero attached hydrogens (tertiary/aromatic N) is 3. The molecule has 0 saturated carbocycles. The first-order valence-electron chi connectivity index (χ1n) is 10.8. The molecule has 0 aromatic heterocycles. The lowest BCUT2D eigenvalue weighted by Gasteiger charge is -2.35. The number of morpholine rings is 1. The van der Waals surface area contributed by atoms with Crippen molar-refractivity contribution in [2.75, 3.05) is 53.0 Å². The van der Waals surface area contributed by atoms with Crippen LogP contribution < -0.4 is 5.32 Å². The van der Waals surface area contributed by atoms with Gasteiger partial charge in [-0.2, -0.15) is 0 Å². The van der Waals surface area contributed by atoms with Crippen LogP contribution in [0.1, 0.15) is 29.5 Å². The van der Waals surface area contributed by atoms with Gasteiger partial charge >= 0.3 is 0 Å². The fourth-order valence-corrected chi connectivity index (χ4v) is 4.53. The average molecular weight is 538 g/mol. The Kier molecular flexibility index (Phi) is 9.10. The summed E-state index contributed by atoms with van der Waals surface area (Å²) >= 11 is 0. The van der Waals surface area contributed by atoms with Gasteiger partial charge in [0.15, 0.2) is 5.96 Å². The van der Waals surface area contributed by atoms with Crippen LogP contribution in [0.15, 0.2) is 59.6 Å². The van der Waals surface area contributed by atoms with E-state index in [1.54, 1.807) is 12.1 Å². The maximum atomic E-state index is 13.9. The molecule has 1 N–H and O–H groups in total. The second-order valence-corrected chi connectivity index (χ2v) is 7.99. The van der Waals surface area contributed by atoms with Crippen LogP contribution in [0.4, 0.5) is 4.39 Å². The van der Waals surface area contributed by atoms with Gasteiger partial charge in [0, 0.05) is 45.7 Å². The van der Waals surface area contributed by atoms with Crippen LogP contribution in [0.5, 0.6) is 0 Å². The van der Waals surface area contributed by atoms with Crippen molar-refractivity contribution in [1.82, 2.24) is 15.1 Å². The summed E-state index contributed by atoms with van der Waals surface area (Å²) in [6, 6.07) is 17.7. The Morgan fingerprint density at radius 3 is 2.61 bits per heavy atom. The van der Waals surface area contributed by atoms with Gasteiger partial charge < -0.3 is 15.0 Å². The topological polar surface area (TPSA) is 40.1 Å². The highest BCUT2D eigenvalue weighted by atomic mass is 127. The normalized spacial score (nSPS) is 20.9. The van der Waals surface area contributed by atoms with Crippen LogP contribution in [-0.4, -0.2) is 68.7 Å². The van der Waals surface area contributed by atoms with Gasteiger partial charge in [-0.15, -0.1) is 24.0 Å². The summed E-state index contributed by atoms with van der Waals surface area (Å²) in [6.07, 6.45) is 1.13. The monoisotopic (exact) mass is 538 g/mol. The largest absolute Gasteiger partial charge is 0.379 e. The van der Waals surface area contributed by atoms with Gasteiger partial charge in [-0.05, 0) is 29.7 Å². The first-order valence-corrected chi connectivity index (χ1v) is 10.8. The molecule has 0 spiro atoms. The second-order valence-electron chi connectivity index (χ2n) is 7.99. The summed E-state index contributed by atoms with van der Waals surface area (Å²) in [5.74, 6) is 1.26. The molecule has 31 heavy (non-hydrogen) atoms. The molecule has 0 amide bonds. The molecule has 2 heterocycles. The van der Waals surface area contributed by atoms with Gasteiger partial charge in [-0.25, -0.2) is 4.39 Å². The maximum absolute atomic E-state index is 13.9. The zero-order chi connectivity index (χ0) is 20.8. The lowest BCUT2D eigenvalue weighted by atomic mass is 9.99. The molecule has 7 heteroatoms. The fourth-order valence-electron chi connectivity index (χ4n) is 4.53. The molecule has 168 valence electrons. The highest BCUT2D eigenvalue weighted by Gasteiger charge is 2.28. The SMILES string of the molecule is CN=C(NCC(c1cccc(F)c1)N1CCOCC1)N1CCC(c2ccccc2)C1.I. The summed E-state index contributed by atoms with van der Waals surface area (Å²) in [5.41, 5.74) is 2.38. The van der Waals surface area contributed by atoms with Crippen molar-refractivity contribution in [2.45, 2.75) is 18.4 Å². The van der Waals surface area contributed by atoms with E-state index in [2.05, 4.69) is 50.4 Å². The quantitative estimate of drug-likeness (QED) is 0.357. The van der Waals surface area contributed by atoms with E-state index in [1.165, 1.54) is 11.6 Å². The van der Waals surface area contributed by atoms with Crippen LogP contribution in [-0.2, 0) is 4.74 Å². The number of aliphatic imine (C=N–C) groups is 1. The minimum Gasteiger partial charge on any atom is -0.379 e. The zero-order valence-electron chi connectivity index (χ0n) is 18.0. The van der Waals surface area contributed by atoms with E-state index in [4.69, 9.17) is 4.74 Å². The van der Waals surface area contributed by atoms with E-state index in [0.29, 0.717) is 25.7 Å². The van der Waals surface area contributed by atoms with Gasteiger partial charge in [-0.1, -0.05) is 42.5 Å². The molecule has 0 radical (unpaired) electrons. The van der Waals surface area contributed by atoms with Crippen molar-refractivity contribution in [3.8, 4) is 0 Å². The van der Waals surface area contributed by atoms with Gasteiger partial charge in [0.2, 0.25) is 0 Å². The first kappa shape index (κ1) is 23.9. The molecule has 0 aliphatic carbocycles. The summed E-state index contributed by atoms with van der Waals surface area (Å²) < 4.78 is 19.4. The Morgan fingerprint density at radius 1 is 1.13 bits per heavy atom. The third kappa shape index (κ3) is 6.17. The molecule has 2 unspecified atom stereocenters. The number of hydrogen-bond acceptors (Lipinski definition) is 3. The lowest BCUT2D eigenvalue weighted by molar-refractivity contribution is 0.0168. The van der Waals surface area contributed by atoms with Crippen LogP contribution in [0.25, 0.3) is 0 Å². The van der Waals surface area contributed by atoms with Crippen LogP contribution >= 0.6 is 24.0 Å². The molecule has 4 rings (SSSR count). The molecular formula is C24H32FIN4O. The van der Waals surface area contributed by atoms with Crippen molar-refractivity contribution in [1.29, 1.82) is 0 Å². The van der Waals surface area contributed by atoms with Crippen LogP contribution in [0.3, 0.4) is 0 Å². The van der Waals surface area contributed by atoms with E-state index in [9.17, 15) is 4.39 Å². The molecule has 0 bridgehead atoms. The van der Waals surface area contributed by atoms with E-state index < -0.39 is 0 Å². The van der Waals surface area contributed by atoms with Crippen LogP contribution in [0.2, 0.25) is 0 Å². The van der Waals surface area contributed by atoms with Gasteiger partial charge in [0.1, 0.15) is 5.82 Å². The number of guanidine groups is 1. The molecule has 2 aromatic rings. The minimum atomic E-state index is -0.194. The zero-order valence-corrected chi connectivity index (χ0v) is 20.4. The standard InChI is InChI=1S/C24H31FN4O.HI/c1-26-24(29-11-10-21(18-29)19-6-3-2-4-7-19)27-17-23(28-12-14-30-15-13-28)20-8-5-9-22(25)16-20;/h2-9,16,21,23H,10-15,17-18H2,1H3,(H,26,27);1H. The highest BCUT2D eigenvalue weighted by Crippen LogP contribution is 2.27. The van der Waals surface area contributed by atoms with E-state index >= 15 is 0 Å². The highest BCUT2D eigenvalue weighted by molar-refractivity contribution is 14.0. The summed E-state index contributed by atoms with van der Waals surface area (Å²) in [7, 11) is 1.84. The number of nitrogens with one attached hydrogen (secondary N) is 1. The van der Waals surface area contributed by atoms with Crippen molar-refractivity contribution in [3.05, 3.63) is 71.5 Å². The van der Waals surface area contributed by atoms with E-state index in [0.717, 1.165) is 44.1 Å². The Balaban J connectivity index is 0.00000272. The number of rotatable bonds is 5. The van der Waals surface area contributed by atoms with E-state index in [1.807, 2.05) is 13.1 Å². The summed E-state index contributed by atoms with van der Waals surface area (Å²) in [5, 5.41) is 3.57. The van der Waals surface area contributed by atoms with Crippen molar-refractivity contribution >= 4 is 29.9 Å². The van der Waals surface area contributed by atoms with Gasteiger partial charge in [-0.3, -0.25) is 9.89 Å². The molecule has 2 saturated heterocycles. The Labute approximate surface area is 201 Å². The number of hydrogen-bond donors (Lipinski definition) is 1. The van der Waals surface area contributed by atoms with E-state index in [-0.39, 0.29) is 35.8 Å². The number of benzene rings is 2.